The smallest absolute Gasteiger partial charge is 0.271 e. The molecule has 2 rings (SSSR count). The molecule has 0 unspecified atom stereocenters. The van der Waals surface area contributed by atoms with Crippen molar-refractivity contribution >= 4 is 33.2 Å². The van der Waals surface area contributed by atoms with E-state index in [0.29, 0.717) is 0 Å². The molecule has 0 aliphatic carbocycles. The molecule has 0 aliphatic rings. The Morgan fingerprint density at radius 1 is 1.11 bits per heavy atom. The van der Waals surface area contributed by atoms with E-state index in [0.717, 1.165) is 27.8 Å². The number of hydrogen-bond donors (Lipinski definition) is 1. The van der Waals surface area contributed by atoms with Crippen LogP contribution in [-0.4, -0.2) is 54.4 Å². The minimum absolute atomic E-state index is 0.0163. The number of rotatable bonds is 9. The van der Waals surface area contributed by atoms with E-state index in [9.17, 15) is 28.1 Å². The van der Waals surface area contributed by atoms with E-state index < -0.39 is 39.0 Å². The second kappa shape index (κ2) is 10.9. The number of benzene rings is 2. The molecule has 10 nitrogen and oxygen atoms in total. The number of amides is 2. The maximum atomic E-state index is 13.5. The third-order valence-electron chi connectivity index (χ3n) is 5.11. The molecule has 2 aromatic rings. The van der Waals surface area contributed by atoms with Crippen LogP contribution in [0.1, 0.15) is 38.8 Å². The van der Waals surface area contributed by atoms with Gasteiger partial charge in [-0.2, -0.15) is 0 Å². The van der Waals surface area contributed by atoms with Crippen molar-refractivity contribution in [2.75, 3.05) is 17.1 Å². The number of carbonyl (C=O) groups excluding carboxylic acids is 2. The number of anilines is 1. The molecule has 190 valence electrons. The molecule has 11 heteroatoms. The molecule has 1 N–H and O–H groups in total. The van der Waals surface area contributed by atoms with Gasteiger partial charge in [-0.05, 0) is 46.2 Å². The first-order valence-corrected chi connectivity index (χ1v) is 12.8. The van der Waals surface area contributed by atoms with Gasteiger partial charge >= 0.3 is 0 Å². The number of carbonyl (C=O) groups is 2. The molecule has 0 heterocycles. The molecule has 0 saturated carbocycles. The molecule has 0 spiro atoms. The van der Waals surface area contributed by atoms with Gasteiger partial charge in [-0.15, -0.1) is 0 Å². The van der Waals surface area contributed by atoms with Gasteiger partial charge in [0.2, 0.25) is 21.8 Å². The zero-order chi connectivity index (χ0) is 26.6. The van der Waals surface area contributed by atoms with Crippen molar-refractivity contribution < 1.29 is 22.9 Å². The van der Waals surface area contributed by atoms with Crippen molar-refractivity contribution in [3.8, 4) is 0 Å². The van der Waals surface area contributed by atoms with Crippen LogP contribution in [0.4, 0.5) is 11.4 Å². The molecule has 2 aromatic carbocycles. The minimum Gasteiger partial charge on any atom is -0.350 e. The lowest BCUT2D eigenvalue weighted by molar-refractivity contribution is -0.384. The number of non-ortho nitro benzene ring substituents is 1. The predicted octanol–water partition coefficient (Wildman–Crippen LogP) is 3.00. The van der Waals surface area contributed by atoms with E-state index >= 15 is 0 Å². The number of nitro groups is 1. The number of nitrogens with one attached hydrogen (secondary N) is 1. The standard InChI is InChI=1S/C24H32N4O6S/c1-17-9-7-10-19(13-17)15-26(18(2)23(30)25-24(3,4)5)22(29)16-27(35(6,33)34)20-11-8-12-21(14-20)28(31)32/h7-14,18H,15-16H2,1-6H3,(H,25,30)/t18-/m1/s1. The summed E-state index contributed by atoms with van der Waals surface area (Å²) >= 11 is 0. The number of nitro benzene ring substituents is 1. The zero-order valence-corrected chi connectivity index (χ0v) is 21.6. The van der Waals surface area contributed by atoms with Crippen molar-refractivity contribution in [1.82, 2.24) is 10.2 Å². The van der Waals surface area contributed by atoms with Crippen molar-refractivity contribution in [3.05, 3.63) is 69.8 Å². The highest BCUT2D eigenvalue weighted by Crippen LogP contribution is 2.24. The van der Waals surface area contributed by atoms with E-state index in [1.54, 1.807) is 6.92 Å². The van der Waals surface area contributed by atoms with Gasteiger partial charge in [-0.1, -0.05) is 35.9 Å². The Morgan fingerprint density at radius 3 is 2.29 bits per heavy atom. The molecule has 0 saturated heterocycles. The van der Waals surface area contributed by atoms with Gasteiger partial charge in [0.25, 0.3) is 5.69 Å². The van der Waals surface area contributed by atoms with Crippen LogP contribution in [0.15, 0.2) is 48.5 Å². The van der Waals surface area contributed by atoms with Crippen molar-refractivity contribution in [1.29, 1.82) is 0 Å². The predicted molar refractivity (Wildman–Crippen MR) is 134 cm³/mol. The highest BCUT2D eigenvalue weighted by atomic mass is 32.2. The van der Waals surface area contributed by atoms with Gasteiger partial charge in [-0.3, -0.25) is 24.0 Å². The van der Waals surface area contributed by atoms with Crippen molar-refractivity contribution in [2.24, 2.45) is 0 Å². The van der Waals surface area contributed by atoms with Gasteiger partial charge < -0.3 is 10.2 Å². The van der Waals surface area contributed by atoms with E-state index in [1.807, 2.05) is 52.0 Å². The monoisotopic (exact) mass is 504 g/mol. The first-order chi connectivity index (χ1) is 16.1. The zero-order valence-electron chi connectivity index (χ0n) is 20.8. The Balaban J connectivity index is 2.45. The van der Waals surface area contributed by atoms with Gasteiger partial charge in [0.15, 0.2) is 0 Å². The summed E-state index contributed by atoms with van der Waals surface area (Å²) in [5.74, 6) is -1.01. The second-order valence-electron chi connectivity index (χ2n) is 9.47. The lowest BCUT2D eigenvalue weighted by atomic mass is 10.1. The van der Waals surface area contributed by atoms with E-state index in [2.05, 4.69) is 5.32 Å². The molecule has 0 bridgehead atoms. The van der Waals surface area contributed by atoms with Crippen LogP contribution in [-0.2, 0) is 26.2 Å². The fourth-order valence-electron chi connectivity index (χ4n) is 3.44. The molecule has 2 amide bonds. The fraction of sp³-hybridized carbons (Fsp3) is 0.417. The fourth-order valence-corrected chi connectivity index (χ4v) is 4.28. The van der Waals surface area contributed by atoms with Crippen molar-refractivity contribution in [3.63, 3.8) is 0 Å². The lowest BCUT2D eigenvalue weighted by Gasteiger charge is -2.33. The van der Waals surface area contributed by atoms with E-state index in [4.69, 9.17) is 0 Å². The van der Waals surface area contributed by atoms with Crippen molar-refractivity contribution in [2.45, 2.75) is 52.7 Å². The molecule has 35 heavy (non-hydrogen) atoms. The molecule has 1 atom stereocenters. The van der Waals surface area contributed by atoms with Gasteiger partial charge in [0, 0.05) is 24.2 Å². The average molecular weight is 505 g/mol. The van der Waals surface area contributed by atoms with Crippen LogP contribution in [0.3, 0.4) is 0 Å². The summed E-state index contributed by atoms with van der Waals surface area (Å²) < 4.78 is 25.9. The number of nitrogens with zero attached hydrogens (tertiary/aromatic N) is 3. The summed E-state index contributed by atoms with van der Waals surface area (Å²) in [5.41, 5.74) is 0.882. The highest BCUT2D eigenvalue weighted by molar-refractivity contribution is 7.92. The topological polar surface area (TPSA) is 130 Å². The number of hydrogen-bond acceptors (Lipinski definition) is 6. The Morgan fingerprint density at radius 2 is 1.74 bits per heavy atom. The Labute approximate surface area is 206 Å². The third-order valence-corrected chi connectivity index (χ3v) is 6.25. The third kappa shape index (κ3) is 8.06. The van der Waals surface area contributed by atoms with Crippen LogP contribution >= 0.6 is 0 Å². The largest absolute Gasteiger partial charge is 0.350 e. The second-order valence-corrected chi connectivity index (χ2v) is 11.4. The first kappa shape index (κ1) is 27.8. The highest BCUT2D eigenvalue weighted by Gasteiger charge is 2.31. The quantitative estimate of drug-likeness (QED) is 0.413. The van der Waals surface area contributed by atoms with Crippen LogP contribution in [0.25, 0.3) is 0 Å². The SMILES string of the molecule is Cc1cccc(CN(C(=O)CN(c2cccc([N+](=O)[O-])c2)S(C)(=O)=O)[C@H](C)C(=O)NC(C)(C)C)c1. The first-order valence-electron chi connectivity index (χ1n) is 11.0. The van der Waals surface area contributed by atoms with Crippen LogP contribution < -0.4 is 9.62 Å². The normalized spacial score (nSPS) is 12.5. The molecular formula is C24H32N4O6S. The Bertz CT molecular complexity index is 1210. The van der Waals surface area contributed by atoms with Crippen LogP contribution in [0.2, 0.25) is 0 Å². The molecule has 0 radical (unpaired) electrons. The molecule has 0 aliphatic heterocycles. The van der Waals surface area contributed by atoms with Crippen LogP contribution in [0.5, 0.6) is 0 Å². The lowest BCUT2D eigenvalue weighted by Crippen LogP contribution is -2.54. The Kier molecular flexibility index (Phi) is 8.61. The number of aryl methyl sites for hydroxylation is 1. The maximum Gasteiger partial charge on any atom is 0.271 e. The van der Waals surface area contributed by atoms with Gasteiger partial charge in [0.05, 0.1) is 16.9 Å². The van der Waals surface area contributed by atoms with E-state index in [-0.39, 0.29) is 23.8 Å². The average Bonchev–Trinajstić information content (AvgIpc) is 2.73. The maximum absolute atomic E-state index is 13.5. The number of sulfonamides is 1. The molecule has 0 fully saturated rings. The summed E-state index contributed by atoms with van der Waals surface area (Å²) in [6.45, 7) is 8.38. The van der Waals surface area contributed by atoms with Gasteiger partial charge in [-0.25, -0.2) is 8.42 Å². The van der Waals surface area contributed by atoms with E-state index in [1.165, 1.54) is 23.1 Å². The molecule has 0 aromatic heterocycles. The molecular weight excluding hydrogens is 472 g/mol. The summed E-state index contributed by atoms with van der Waals surface area (Å²) in [4.78, 5) is 38.3. The van der Waals surface area contributed by atoms with Crippen LogP contribution in [0, 0.1) is 17.0 Å². The summed E-state index contributed by atoms with van der Waals surface area (Å²) in [6.07, 6.45) is 0.916. The Hall–Kier alpha value is -3.47. The summed E-state index contributed by atoms with van der Waals surface area (Å²) in [6, 6.07) is 11.6. The summed E-state index contributed by atoms with van der Waals surface area (Å²) in [7, 11) is -3.98. The van der Waals surface area contributed by atoms with Gasteiger partial charge in [0.1, 0.15) is 12.6 Å². The summed E-state index contributed by atoms with van der Waals surface area (Å²) in [5, 5.41) is 14.0. The minimum atomic E-state index is -3.98.